The zero-order valence-electron chi connectivity index (χ0n) is 11.3. The molecule has 0 unspecified atom stereocenters. The van der Waals surface area contributed by atoms with Gasteiger partial charge in [0.2, 0.25) is 0 Å². The summed E-state index contributed by atoms with van der Waals surface area (Å²) in [6.07, 6.45) is 6.51. The van der Waals surface area contributed by atoms with Crippen LogP contribution in [0, 0.1) is 5.82 Å². The highest BCUT2D eigenvalue weighted by Gasteiger charge is 2.16. The van der Waals surface area contributed by atoms with Crippen LogP contribution >= 0.6 is 0 Å². The van der Waals surface area contributed by atoms with Gasteiger partial charge in [0.15, 0.2) is 5.78 Å². The molecule has 1 aliphatic carbocycles. The van der Waals surface area contributed by atoms with Crippen LogP contribution in [0.25, 0.3) is 0 Å². The molecule has 0 fully saturated rings. The molecule has 0 amide bonds. The van der Waals surface area contributed by atoms with E-state index < -0.39 is 0 Å². The zero-order valence-corrected chi connectivity index (χ0v) is 11.3. The van der Waals surface area contributed by atoms with Gasteiger partial charge in [0.1, 0.15) is 5.82 Å². The molecule has 0 bridgehead atoms. The summed E-state index contributed by atoms with van der Waals surface area (Å²) < 4.78 is 14.8. The Bertz CT molecular complexity index is 616. The molecule has 3 nitrogen and oxygen atoms in total. The van der Waals surface area contributed by atoms with Crippen LogP contribution in [0.1, 0.15) is 29.8 Å². The summed E-state index contributed by atoms with van der Waals surface area (Å²) in [6, 6.07) is 6.11. The first kappa shape index (κ1) is 13.0. The van der Waals surface area contributed by atoms with Crippen molar-refractivity contribution in [1.82, 2.24) is 9.55 Å². The molecule has 0 atom stereocenters. The van der Waals surface area contributed by atoms with Gasteiger partial charge in [0, 0.05) is 12.1 Å². The Morgan fingerprint density at radius 1 is 1.20 bits per heavy atom. The van der Waals surface area contributed by atoms with Crippen molar-refractivity contribution in [1.29, 1.82) is 0 Å². The summed E-state index contributed by atoms with van der Waals surface area (Å²) in [5.41, 5.74) is 3.21. The predicted octanol–water partition coefficient (Wildman–Crippen LogP) is 2.71. The van der Waals surface area contributed by atoms with Crippen molar-refractivity contribution in [2.75, 3.05) is 0 Å². The molecule has 0 spiro atoms. The van der Waals surface area contributed by atoms with Crippen LogP contribution in [0.3, 0.4) is 0 Å². The van der Waals surface area contributed by atoms with E-state index in [9.17, 15) is 9.18 Å². The molecule has 1 heterocycles. The molecule has 0 N–H and O–H groups in total. The number of ketones is 1. The van der Waals surface area contributed by atoms with Crippen LogP contribution in [-0.2, 0) is 30.6 Å². The smallest absolute Gasteiger partial charge is 0.156 e. The number of carbonyl (C=O) groups is 1. The van der Waals surface area contributed by atoms with E-state index in [1.807, 2.05) is 4.57 Å². The number of imidazole rings is 1. The molecule has 1 aromatic heterocycles. The third-order valence-corrected chi connectivity index (χ3v) is 3.77. The highest BCUT2D eigenvalue weighted by Crippen LogP contribution is 2.19. The van der Waals surface area contributed by atoms with Gasteiger partial charge < -0.3 is 4.57 Å². The molecular weight excluding hydrogens is 255 g/mol. The Morgan fingerprint density at radius 2 is 1.95 bits per heavy atom. The summed E-state index contributed by atoms with van der Waals surface area (Å²) in [7, 11) is 0. The van der Waals surface area contributed by atoms with Gasteiger partial charge in [-0.25, -0.2) is 9.37 Å². The minimum Gasteiger partial charge on any atom is -0.327 e. The van der Waals surface area contributed by atoms with Gasteiger partial charge in [-0.05, 0) is 43.4 Å². The van der Waals surface area contributed by atoms with E-state index >= 15 is 0 Å². The number of Topliss-reactive ketones (excluding diaryl/α,β-unsaturated/α-hetero) is 1. The predicted molar refractivity (Wildman–Crippen MR) is 74.0 cm³/mol. The fourth-order valence-corrected chi connectivity index (χ4v) is 2.74. The number of benzene rings is 1. The molecule has 1 aliphatic rings. The van der Waals surface area contributed by atoms with E-state index in [1.54, 1.807) is 18.5 Å². The van der Waals surface area contributed by atoms with Crippen molar-refractivity contribution in [2.24, 2.45) is 0 Å². The average Bonchev–Trinajstić information content (AvgIpc) is 2.85. The van der Waals surface area contributed by atoms with Gasteiger partial charge >= 0.3 is 0 Å². The van der Waals surface area contributed by atoms with E-state index in [0.717, 1.165) is 24.1 Å². The average molecular weight is 272 g/mol. The normalized spacial score (nSPS) is 14.1. The van der Waals surface area contributed by atoms with Gasteiger partial charge in [-0.3, -0.25) is 4.79 Å². The highest BCUT2D eigenvalue weighted by atomic mass is 19.1. The van der Waals surface area contributed by atoms with E-state index in [-0.39, 0.29) is 11.6 Å². The number of hydrogen-bond donors (Lipinski definition) is 0. The molecule has 0 radical (unpaired) electrons. The number of hydrogen-bond acceptors (Lipinski definition) is 2. The first-order chi connectivity index (χ1) is 9.72. The maximum absolute atomic E-state index is 12.8. The number of fused-ring (bicyclic) bond motifs is 1. The molecule has 4 heteroatoms. The molecule has 0 saturated carbocycles. The summed E-state index contributed by atoms with van der Waals surface area (Å²) in [5, 5.41) is 0. The molecule has 104 valence electrons. The Kier molecular flexibility index (Phi) is 3.63. The lowest BCUT2D eigenvalue weighted by molar-refractivity contribution is -0.119. The number of rotatable bonds is 4. The second-order valence-corrected chi connectivity index (χ2v) is 5.31. The molecule has 2 aromatic rings. The van der Waals surface area contributed by atoms with Crippen molar-refractivity contribution in [3.63, 3.8) is 0 Å². The van der Waals surface area contributed by atoms with Gasteiger partial charge in [0.05, 0.1) is 18.6 Å². The minimum absolute atomic E-state index is 0.127. The van der Waals surface area contributed by atoms with Gasteiger partial charge in [-0.15, -0.1) is 0 Å². The lowest BCUT2D eigenvalue weighted by atomic mass is 10.0. The van der Waals surface area contributed by atoms with E-state index in [1.165, 1.54) is 30.7 Å². The van der Waals surface area contributed by atoms with Crippen LogP contribution in [-0.4, -0.2) is 15.3 Å². The SMILES string of the molecule is O=C(Cc1ccc(F)cc1)Cn1cnc2c1CCCC2. The number of aromatic nitrogens is 2. The molecule has 3 rings (SSSR count). The standard InChI is InChI=1S/C16H17FN2O/c17-13-7-5-12(6-8-13)9-14(20)10-19-11-18-15-3-1-2-4-16(15)19/h5-8,11H,1-4,9-10H2. The maximum Gasteiger partial charge on any atom is 0.156 e. The highest BCUT2D eigenvalue weighted by molar-refractivity contribution is 5.80. The van der Waals surface area contributed by atoms with Crippen LogP contribution < -0.4 is 0 Å². The quantitative estimate of drug-likeness (QED) is 0.857. The van der Waals surface area contributed by atoms with Crippen molar-refractivity contribution in [2.45, 2.75) is 38.6 Å². The summed E-state index contributed by atoms with van der Waals surface area (Å²) in [5.74, 6) is -0.146. The Hall–Kier alpha value is -1.97. The first-order valence-electron chi connectivity index (χ1n) is 7.01. The van der Waals surface area contributed by atoms with E-state index in [2.05, 4.69) is 4.98 Å². The summed E-state index contributed by atoms with van der Waals surface area (Å²) in [4.78, 5) is 16.5. The Labute approximate surface area is 117 Å². The van der Waals surface area contributed by atoms with Crippen LogP contribution in [0.15, 0.2) is 30.6 Å². The Morgan fingerprint density at radius 3 is 2.75 bits per heavy atom. The summed E-state index contributed by atoms with van der Waals surface area (Å²) >= 11 is 0. The number of aryl methyl sites for hydroxylation is 1. The molecule has 0 aliphatic heterocycles. The van der Waals surface area contributed by atoms with Crippen molar-refractivity contribution in [3.05, 3.63) is 53.4 Å². The van der Waals surface area contributed by atoms with Crippen molar-refractivity contribution in [3.8, 4) is 0 Å². The number of carbonyl (C=O) groups excluding carboxylic acids is 1. The second-order valence-electron chi connectivity index (χ2n) is 5.31. The molecule has 0 saturated heterocycles. The van der Waals surface area contributed by atoms with E-state index in [4.69, 9.17) is 0 Å². The van der Waals surface area contributed by atoms with E-state index in [0.29, 0.717) is 13.0 Å². The van der Waals surface area contributed by atoms with Gasteiger partial charge in [-0.2, -0.15) is 0 Å². The molecular formula is C16H17FN2O. The third kappa shape index (κ3) is 2.79. The molecule has 1 aromatic carbocycles. The fourth-order valence-electron chi connectivity index (χ4n) is 2.74. The lowest BCUT2D eigenvalue weighted by Gasteiger charge is -2.13. The van der Waals surface area contributed by atoms with Crippen molar-refractivity contribution >= 4 is 5.78 Å². The Balaban J connectivity index is 1.67. The lowest BCUT2D eigenvalue weighted by Crippen LogP contribution is -2.15. The van der Waals surface area contributed by atoms with Crippen LogP contribution in [0.2, 0.25) is 0 Å². The fraction of sp³-hybridized carbons (Fsp3) is 0.375. The third-order valence-electron chi connectivity index (χ3n) is 3.77. The van der Waals surface area contributed by atoms with Crippen LogP contribution in [0.5, 0.6) is 0 Å². The van der Waals surface area contributed by atoms with Gasteiger partial charge in [-0.1, -0.05) is 12.1 Å². The van der Waals surface area contributed by atoms with Crippen LogP contribution in [0.4, 0.5) is 4.39 Å². The van der Waals surface area contributed by atoms with Gasteiger partial charge in [0.25, 0.3) is 0 Å². The molecule has 20 heavy (non-hydrogen) atoms. The largest absolute Gasteiger partial charge is 0.327 e. The maximum atomic E-state index is 12.8. The second kappa shape index (κ2) is 5.57. The monoisotopic (exact) mass is 272 g/mol. The van der Waals surface area contributed by atoms with Crippen molar-refractivity contribution < 1.29 is 9.18 Å². The number of nitrogens with zero attached hydrogens (tertiary/aromatic N) is 2. The first-order valence-corrected chi connectivity index (χ1v) is 7.01. The zero-order chi connectivity index (χ0) is 13.9. The minimum atomic E-state index is -0.273. The number of halogens is 1. The summed E-state index contributed by atoms with van der Waals surface area (Å²) in [6.45, 7) is 0.361. The topological polar surface area (TPSA) is 34.9 Å².